The topological polar surface area (TPSA) is 79.9 Å². The van der Waals surface area contributed by atoms with Crippen LogP contribution in [-0.4, -0.2) is 72.4 Å². The SMILES string of the molecule is Cl.Cl.O=S(=O)(NCCN1CCNCC1)c1ccc(OCC2CCOC2)c(F)c1. The predicted molar refractivity (Wildman–Crippen MR) is 110 cm³/mol. The molecule has 11 heteroatoms. The van der Waals surface area contributed by atoms with Gasteiger partial charge in [0.1, 0.15) is 0 Å². The number of ether oxygens (including phenoxy) is 2. The zero-order chi connectivity index (χ0) is 18.4. The molecule has 1 atom stereocenters. The molecule has 3 rings (SSSR count). The van der Waals surface area contributed by atoms with Gasteiger partial charge < -0.3 is 14.8 Å². The van der Waals surface area contributed by atoms with Crippen LogP contribution >= 0.6 is 24.8 Å². The minimum atomic E-state index is -3.74. The molecule has 2 fully saturated rings. The third kappa shape index (κ3) is 7.29. The summed E-state index contributed by atoms with van der Waals surface area (Å²) in [5.41, 5.74) is 0. The molecule has 1 unspecified atom stereocenters. The molecule has 0 saturated carbocycles. The molecule has 1 aromatic carbocycles. The molecular formula is C17H28Cl2FN3O4S. The lowest BCUT2D eigenvalue weighted by Crippen LogP contribution is -2.46. The summed E-state index contributed by atoms with van der Waals surface area (Å²) in [6.45, 7) is 6.23. The molecule has 0 bridgehead atoms. The van der Waals surface area contributed by atoms with E-state index in [1.54, 1.807) is 0 Å². The van der Waals surface area contributed by atoms with Crippen molar-refractivity contribution in [3.05, 3.63) is 24.0 Å². The highest BCUT2D eigenvalue weighted by Crippen LogP contribution is 2.23. The Balaban J connectivity index is 0.00000196. The van der Waals surface area contributed by atoms with E-state index in [2.05, 4.69) is 14.9 Å². The Morgan fingerprint density at radius 3 is 2.68 bits per heavy atom. The second-order valence-corrected chi connectivity index (χ2v) is 8.39. The average Bonchev–Trinajstić information content (AvgIpc) is 3.15. The summed E-state index contributed by atoms with van der Waals surface area (Å²) in [6.07, 6.45) is 0.894. The largest absolute Gasteiger partial charge is 0.490 e. The third-order valence-electron chi connectivity index (χ3n) is 4.64. The quantitative estimate of drug-likeness (QED) is 0.609. The van der Waals surface area contributed by atoms with E-state index in [0.717, 1.165) is 38.7 Å². The van der Waals surface area contributed by atoms with Gasteiger partial charge in [0.05, 0.1) is 18.1 Å². The zero-order valence-corrected chi connectivity index (χ0v) is 18.0. The van der Waals surface area contributed by atoms with Crippen LogP contribution in [0.15, 0.2) is 23.1 Å². The molecule has 162 valence electrons. The van der Waals surface area contributed by atoms with Gasteiger partial charge in [0, 0.05) is 51.8 Å². The van der Waals surface area contributed by atoms with Crippen molar-refractivity contribution in [2.75, 3.05) is 59.1 Å². The van der Waals surface area contributed by atoms with Crippen LogP contribution in [0.25, 0.3) is 0 Å². The fourth-order valence-corrected chi connectivity index (χ4v) is 4.08. The van der Waals surface area contributed by atoms with Crippen LogP contribution in [0.4, 0.5) is 4.39 Å². The Bertz CT molecular complexity index is 700. The third-order valence-corrected chi connectivity index (χ3v) is 6.10. The molecule has 2 aliphatic rings. The van der Waals surface area contributed by atoms with Crippen molar-refractivity contribution < 1.29 is 22.3 Å². The summed E-state index contributed by atoms with van der Waals surface area (Å²) < 4.78 is 52.1. The van der Waals surface area contributed by atoms with Gasteiger partial charge in [0.25, 0.3) is 0 Å². The van der Waals surface area contributed by atoms with Gasteiger partial charge in [-0.3, -0.25) is 4.90 Å². The lowest BCUT2D eigenvalue weighted by Gasteiger charge is -2.27. The van der Waals surface area contributed by atoms with E-state index in [0.29, 0.717) is 32.9 Å². The maximum atomic E-state index is 14.2. The molecule has 2 saturated heterocycles. The highest BCUT2D eigenvalue weighted by Gasteiger charge is 2.20. The first kappa shape index (κ1) is 25.4. The molecular weight excluding hydrogens is 432 g/mol. The van der Waals surface area contributed by atoms with Gasteiger partial charge in [-0.1, -0.05) is 0 Å². The maximum absolute atomic E-state index is 14.2. The van der Waals surface area contributed by atoms with Gasteiger partial charge in [-0.15, -0.1) is 24.8 Å². The molecule has 2 aliphatic heterocycles. The fourth-order valence-electron chi connectivity index (χ4n) is 3.04. The molecule has 2 N–H and O–H groups in total. The number of hydrogen-bond acceptors (Lipinski definition) is 6. The van der Waals surface area contributed by atoms with E-state index in [1.807, 2.05) is 0 Å². The predicted octanol–water partition coefficient (Wildman–Crippen LogP) is 1.27. The summed E-state index contributed by atoms with van der Waals surface area (Å²) >= 11 is 0. The van der Waals surface area contributed by atoms with Crippen molar-refractivity contribution in [2.24, 2.45) is 5.92 Å². The minimum Gasteiger partial charge on any atom is -0.490 e. The molecule has 2 heterocycles. The smallest absolute Gasteiger partial charge is 0.240 e. The molecule has 0 amide bonds. The van der Waals surface area contributed by atoms with Crippen molar-refractivity contribution in [1.29, 1.82) is 0 Å². The van der Waals surface area contributed by atoms with Gasteiger partial charge in [0.2, 0.25) is 10.0 Å². The Kier molecular flexibility index (Phi) is 11.0. The molecule has 7 nitrogen and oxygen atoms in total. The van der Waals surface area contributed by atoms with Gasteiger partial charge in [-0.05, 0) is 24.6 Å². The average molecular weight is 460 g/mol. The maximum Gasteiger partial charge on any atom is 0.240 e. The number of sulfonamides is 1. The molecule has 0 aromatic heterocycles. The molecule has 28 heavy (non-hydrogen) atoms. The normalized spacial score (nSPS) is 20.2. The molecule has 0 aliphatic carbocycles. The number of nitrogens with zero attached hydrogens (tertiary/aromatic N) is 1. The van der Waals surface area contributed by atoms with E-state index in [1.165, 1.54) is 12.1 Å². The standard InChI is InChI=1S/C17H26FN3O4S.2ClH/c18-16-11-15(1-2-17(16)25-13-14-3-10-24-12-14)26(22,23)20-6-9-21-7-4-19-5-8-21;;/h1-2,11,14,19-20H,3-10,12-13H2;2*1H. The van der Waals surface area contributed by atoms with Crippen LogP contribution in [-0.2, 0) is 14.8 Å². The number of piperazine rings is 1. The number of rotatable bonds is 8. The van der Waals surface area contributed by atoms with Crippen LogP contribution in [0.3, 0.4) is 0 Å². The Morgan fingerprint density at radius 2 is 2.04 bits per heavy atom. The lowest BCUT2D eigenvalue weighted by molar-refractivity contribution is 0.165. The number of halogens is 3. The van der Waals surface area contributed by atoms with E-state index >= 15 is 0 Å². The minimum absolute atomic E-state index is 0. The van der Waals surface area contributed by atoms with Gasteiger partial charge in [-0.25, -0.2) is 17.5 Å². The van der Waals surface area contributed by atoms with Crippen LogP contribution in [0, 0.1) is 11.7 Å². The van der Waals surface area contributed by atoms with Crippen molar-refractivity contribution in [1.82, 2.24) is 14.9 Å². The van der Waals surface area contributed by atoms with E-state index in [4.69, 9.17) is 9.47 Å². The molecule has 0 radical (unpaired) electrons. The summed E-state index contributed by atoms with van der Waals surface area (Å²) in [7, 11) is -3.74. The van der Waals surface area contributed by atoms with Crippen molar-refractivity contribution in [2.45, 2.75) is 11.3 Å². The molecule has 0 spiro atoms. The van der Waals surface area contributed by atoms with Crippen molar-refractivity contribution in [3.8, 4) is 5.75 Å². The monoisotopic (exact) mass is 459 g/mol. The van der Waals surface area contributed by atoms with Crippen molar-refractivity contribution in [3.63, 3.8) is 0 Å². The van der Waals surface area contributed by atoms with E-state index in [9.17, 15) is 12.8 Å². The van der Waals surface area contributed by atoms with Gasteiger partial charge in [0.15, 0.2) is 11.6 Å². The van der Waals surface area contributed by atoms with Crippen LogP contribution in [0.2, 0.25) is 0 Å². The zero-order valence-electron chi connectivity index (χ0n) is 15.6. The Morgan fingerprint density at radius 1 is 1.29 bits per heavy atom. The second-order valence-electron chi connectivity index (χ2n) is 6.62. The summed E-state index contributed by atoms with van der Waals surface area (Å²) in [5, 5.41) is 3.25. The number of nitrogens with one attached hydrogen (secondary N) is 2. The highest BCUT2D eigenvalue weighted by molar-refractivity contribution is 7.89. The van der Waals surface area contributed by atoms with Gasteiger partial charge in [-0.2, -0.15) is 0 Å². The van der Waals surface area contributed by atoms with Crippen LogP contribution in [0.1, 0.15) is 6.42 Å². The Hall–Kier alpha value is -0.680. The number of hydrogen-bond donors (Lipinski definition) is 2. The van der Waals surface area contributed by atoms with Crippen LogP contribution in [0.5, 0.6) is 5.75 Å². The first-order chi connectivity index (χ1) is 12.5. The highest BCUT2D eigenvalue weighted by atomic mass is 35.5. The first-order valence-electron chi connectivity index (χ1n) is 8.97. The number of benzene rings is 1. The lowest BCUT2D eigenvalue weighted by atomic mass is 10.1. The van der Waals surface area contributed by atoms with Crippen LogP contribution < -0.4 is 14.8 Å². The fraction of sp³-hybridized carbons (Fsp3) is 0.647. The Labute approximate surface area is 178 Å². The summed E-state index contributed by atoms with van der Waals surface area (Å²) in [5.74, 6) is -0.352. The molecule has 1 aromatic rings. The van der Waals surface area contributed by atoms with Crippen molar-refractivity contribution >= 4 is 34.8 Å². The second kappa shape index (κ2) is 12.1. The summed E-state index contributed by atoms with van der Waals surface area (Å²) in [6, 6.07) is 3.75. The van der Waals surface area contributed by atoms with E-state index in [-0.39, 0.29) is 41.4 Å². The summed E-state index contributed by atoms with van der Waals surface area (Å²) in [4.78, 5) is 2.09. The van der Waals surface area contributed by atoms with E-state index < -0.39 is 15.8 Å². The first-order valence-corrected chi connectivity index (χ1v) is 10.5. The van der Waals surface area contributed by atoms with Gasteiger partial charge >= 0.3 is 0 Å².